The van der Waals surface area contributed by atoms with E-state index in [4.69, 9.17) is 5.73 Å². The first-order chi connectivity index (χ1) is 9.24. The topological polar surface area (TPSA) is 92.9 Å². The molecule has 6 nitrogen and oxygen atoms in total. The molecule has 6 heteroatoms. The number of anilines is 1. The van der Waals surface area contributed by atoms with Crippen LogP contribution in [-0.4, -0.2) is 35.0 Å². The second kappa shape index (κ2) is 7.04. The minimum absolute atomic E-state index is 0.0979. The SMILES string of the molecule is NC(=O)CNc1cc(CC[C@H]2CCCCN2)ncn1. The van der Waals surface area contributed by atoms with Crippen molar-refractivity contribution in [1.82, 2.24) is 15.3 Å². The summed E-state index contributed by atoms with van der Waals surface area (Å²) in [5.74, 6) is 0.256. The molecule has 2 rings (SSSR count). The molecule has 1 fully saturated rings. The summed E-state index contributed by atoms with van der Waals surface area (Å²) >= 11 is 0. The summed E-state index contributed by atoms with van der Waals surface area (Å²) in [5, 5.41) is 6.40. The van der Waals surface area contributed by atoms with E-state index >= 15 is 0 Å². The first-order valence-corrected chi connectivity index (χ1v) is 6.80. The van der Waals surface area contributed by atoms with Gasteiger partial charge in [-0.25, -0.2) is 9.97 Å². The Kier molecular flexibility index (Phi) is 5.09. The average molecular weight is 263 g/mol. The monoisotopic (exact) mass is 263 g/mol. The van der Waals surface area contributed by atoms with Crippen LogP contribution in [0.4, 0.5) is 5.82 Å². The Balaban J connectivity index is 1.82. The zero-order valence-electron chi connectivity index (χ0n) is 11.1. The summed E-state index contributed by atoms with van der Waals surface area (Å²) in [5.41, 5.74) is 6.08. The lowest BCUT2D eigenvalue weighted by Crippen LogP contribution is -2.34. The van der Waals surface area contributed by atoms with Crippen LogP contribution in [0.25, 0.3) is 0 Å². The molecule has 104 valence electrons. The fraction of sp³-hybridized carbons (Fsp3) is 0.615. The highest BCUT2D eigenvalue weighted by molar-refractivity contribution is 5.78. The third-order valence-corrected chi connectivity index (χ3v) is 3.33. The van der Waals surface area contributed by atoms with Gasteiger partial charge >= 0.3 is 0 Å². The van der Waals surface area contributed by atoms with Crippen LogP contribution in [0, 0.1) is 0 Å². The molecule has 4 N–H and O–H groups in total. The maximum atomic E-state index is 10.7. The standard InChI is InChI=1S/C13H21N5O/c14-12(19)8-16-13-7-11(17-9-18-13)5-4-10-3-1-2-6-15-10/h7,9-10,15H,1-6,8H2,(H2,14,19)(H,16,17,18)/t10-/m1/s1. The molecule has 19 heavy (non-hydrogen) atoms. The molecule has 0 saturated carbocycles. The van der Waals surface area contributed by atoms with Crippen molar-refractivity contribution in [1.29, 1.82) is 0 Å². The highest BCUT2D eigenvalue weighted by Gasteiger charge is 2.12. The van der Waals surface area contributed by atoms with E-state index < -0.39 is 5.91 Å². The minimum atomic E-state index is -0.397. The second-order valence-corrected chi connectivity index (χ2v) is 4.90. The van der Waals surface area contributed by atoms with E-state index in [1.165, 1.54) is 25.6 Å². The molecule has 0 unspecified atom stereocenters. The third kappa shape index (κ3) is 4.82. The van der Waals surface area contributed by atoms with Crippen LogP contribution >= 0.6 is 0 Å². The molecule has 1 aliphatic rings. The molecule has 0 radical (unpaired) electrons. The van der Waals surface area contributed by atoms with Gasteiger partial charge in [-0.2, -0.15) is 0 Å². The molecule has 1 aromatic rings. The molecular weight excluding hydrogens is 242 g/mol. The van der Waals surface area contributed by atoms with E-state index in [1.807, 2.05) is 6.07 Å². The lowest BCUT2D eigenvalue weighted by atomic mass is 10.00. The van der Waals surface area contributed by atoms with E-state index in [-0.39, 0.29) is 6.54 Å². The predicted octanol–water partition coefficient (Wildman–Crippen LogP) is 0.448. The van der Waals surface area contributed by atoms with Gasteiger partial charge in [0.1, 0.15) is 12.1 Å². The zero-order valence-corrected chi connectivity index (χ0v) is 11.1. The summed E-state index contributed by atoms with van der Waals surface area (Å²) in [4.78, 5) is 19.0. The minimum Gasteiger partial charge on any atom is -0.368 e. The third-order valence-electron chi connectivity index (χ3n) is 3.33. The maximum absolute atomic E-state index is 10.7. The number of nitrogens with one attached hydrogen (secondary N) is 2. The Morgan fingerprint density at radius 1 is 1.47 bits per heavy atom. The van der Waals surface area contributed by atoms with Gasteiger partial charge in [0, 0.05) is 17.8 Å². The van der Waals surface area contributed by atoms with Crippen molar-refractivity contribution < 1.29 is 4.79 Å². The van der Waals surface area contributed by atoms with Crippen molar-refractivity contribution >= 4 is 11.7 Å². The molecule has 0 bridgehead atoms. The van der Waals surface area contributed by atoms with E-state index in [2.05, 4.69) is 20.6 Å². The fourth-order valence-electron chi connectivity index (χ4n) is 2.30. The Morgan fingerprint density at radius 3 is 3.11 bits per heavy atom. The average Bonchev–Trinajstić information content (AvgIpc) is 2.44. The molecule has 1 aromatic heterocycles. The van der Waals surface area contributed by atoms with Crippen molar-refractivity contribution in [3.05, 3.63) is 18.1 Å². The van der Waals surface area contributed by atoms with Gasteiger partial charge in [-0.3, -0.25) is 4.79 Å². The van der Waals surface area contributed by atoms with Crippen molar-refractivity contribution in [3.8, 4) is 0 Å². The molecule has 1 aliphatic heterocycles. The number of aryl methyl sites for hydroxylation is 1. The highest BCUT2D eigenvalue weighted by Crippen LogP contribution is 2.13. The molecule has 1 amide bonds. The van der Waals surface area contributed by atoms with Gasteiger partial charge in [0.2, 0.25) is 5.91 Å². The van der Waals surface area contributed by atoms with Gasteiger partial charge in [0.15, 0.2) is 0 Å². The van der Waals surface area contributed by atoms with E-state index in [0.717, 1.165) is 25.1 Å². The van der Waals surface area contributed by atoms with Crippen molar-refractivity contribution in [2.75, 3.05) is 18.4 Å². The Bertz CT molecular complexity index is 417. The first kappa shape index (κ1) is 13.7. The molecule has 0 aliphatic carbocycles. The first-order valence-electron chi connectivity index (χ1n) is 6.80. The van der Waals surface area contributed by atoms with E-state index in [9.17, 15) is 4.79 Å². The molecular formula is C13H21N5O. The summed E-state index contributed by atoms with van der Waals surface area (Å²) < 4.78 is 0. The molecule has 1 saturated heterocycles. The van der Waals surface area contributed by atoms with Crippen LogP contribution in [0.3, 0.4) is 0 Å². The highest BCUT2D eigenvalue weighted by atomic mass is 16.1. The van der Waals surface area contributed by atoms with Crippen LogP contribution in [0.15, 0.2) is 12.4 Å². The van der Waals surface area contributed by atoms with Crippen LogP contribution in [0.2, 0.25) is 0 Å². The number of hydrogen-bond donors (Lipinski definition) is 3. The smallest absolute Gasteiger partial charge is 0.236 e. The number of piperidine rings is 1. The summed E-state index contributed by atoms with van der Waals surface area (Å²) in [7, 11) is 0. The van der Waals surface area contributed by atoms with Crippen LogP contribution < -0.4 is 16.4 Å². The zero-order chi connectivity index (χ0) is 13.5. The number of amides is 1. The van der Waals surface area contributed by atoms with Gasteiger partial charge in [0.05, 0.1) is 6.54 Å². The van der Waals surface area contributed by atoms with Crippen LogP contribution in [-0.2, 0) is 11.2 Å². The molecule has 2 heterocycles. The summed E-state index contributed by atoms with van der Waals surface area (Å²) in [6.45, 7) is 1.22. The van der Waals surface area contributed by atoms with Gasteiger partial charge < -0.3 is 16.4 Å². The van der Waals surface area contributed by atoms with E-state index in [1.54, 1.807) is 0 Å². The Hall–Kier alpha value is -1.69. The second-order valence-electron chi connectivity index (χ2n) is 4.90. The van der Waals surface area contributed by atoms with Crippen molar-refractivity contribution in [3.63, 3.8) is 0 Å². The molecule has 0 aromatic carbocycles. The van der Waals surface area contributed by atoms with Gasteiger partial charge in [-0.15, -0.1) is 0 Å². The van der Waals surface area contributed by atoms with Crippen molar-refractivity contribution in [2.45, 2.75) is 38.1 Å². The maximum Gasteiger partial charge on any atom is 0.236 e. The normalized spacial score (nSPS) is 19.1. The number of carbonyl (C=O) groups is 1. The van der Waals surface area contributed by atoms with Crippen LogP contribution in [0.5, 0.6) is 0 Å². The predicted molar refractivity (Wildman–Crippen MR) is 73.7 cm³/mol. The van der Waals surface area contributed by atoms with Gasteiger partial charge in [-0.1, -0.05) is 6.42 Å². The fourth-order valence-corrected chi connectivity index (χ4v) is 2.30. The Labute approximate surface area is 113 Å². The number of hydrogen-bond acceptors (Lipinski definition) is 5. The summed E-state index contributed by atoms with van der Waals surface area (Å²) in [6, 6.07) is 2.48. The van der Waals surface area contributed by atoms with Crippen LogP contribution in [0.1, 0.15) is 31.4 Å². The largest absolute Gasteiger partial charge is 0.368 e. The van der Waals surface area contributed by atoms with Gasteiger partial charge in [-0.05, 0) is 32.2 Å². The van der Waals surface area contributed by atoms with E-state index in [0.29, 0.717) is 11.9 Å². The number of primary amides is 1. The lowest BCUT2D eigenvalue weighted by molar-refractivity contribution is -0.116. The number of nitrogens with zero attached hydrogens (tertiary/aromatic N) is 2. The van der Waals surface area contributed by atoms with Gasteiger partial charge in [0.25, 0.3) is 0 Å². The number of nitrogens with two attached hydrogens (primary N) is 1. The lowest BCUT2D eigenvalue weighted by Gasteiger charge is -2.23. The molecule has 1 atom stereocenters. The Morgan fingerprint density at radius 2 is 2.37 bits per heavy atom. The van der Waals surface area contributed by atoms with Crippen molar-refractivity contribution in [2.24, 2.45) is 5.73 Å². The molecule has 0 spiro atoms. The number of carbonyl (C=O) groups excluding carboxylic acids is 1. The summed E-state index contributed by atoms with van der Waals surface area (Å²) in [6.07, 6.45) is 7.38. The number of rotatable bonds is 6. The number of aromatic nitrogens is 2. The quantitative estimate of drug-likeness (QED) is 0.693.